The largest absolute Gasteiger partial charge is 0.493 e. The summed E-state index contributed by atoms with van der Waals surface area (Å²) in [6.07, 6.45) is 0.821. The molecular formula is C17H24N2O4. The van der Waals surface area contributed by atoms with Gasteiger partial charge in [0.25, 0.3) is 0 Å². The van der Waals surface area contributed by atoms with Gasteiger partial charge in [0.15, 0.2) is 0 Å². The second-order valence-corrected chi connectivity index (χ2v) is 6.60. The molecule has 0 bridgehead atoms. The lowest BCUT2D eigenvalue weighted by molar-refractivity contribution is -0.143. The van der Waals surface area contributed by atoms with E-state index in [9.17, 15) is 9.59 Å². The van der Waals surface area contributed by atoms with E-state index in [0.29, 0.717) is 6.61 Å². The monoisotopic (exact) mass is 320 g/mol. The SMILES string of the molecule is COC(=O)[C@@H](NCC(=O)NC(C)(C)C)c1ccc2c(c1)CCO2. The van der Waals surface area contributed by atoms with Gasteiger partial charge in [-0.15, -0.1) is 0 Å². The molecule has 0 aromatic heterocycles. The lowest BCUT2D eigenvalue weighted by Gasteiger charge is -2.22. The van der Waals surface area contributed by atoms with Crippen LogP contribution in [0.3, 0.4) is 0 Å². The lowest BCUT2D eigenvalue weighted by Crippen LogP contribution is -2.46. The first-order chi connectivity index (χ1) is 10.8. The summed E-state index contributed by atoms with van der Waals surface area (Å²) in [7, 11) is 1.34. The van der Waals surface area contributed by atoms with E-state index in [1.54, 1.807) is 0 Å². The van der Waals surface area contributed by atoms with E-state index in [0.717, 1.165) is 23.3 Å². The Labute approximate surface area is 136 Å². The molecule has 0 unspecified atom stereocenters. The molecule has 1 aromatic carbocycles. The van der Waals surface area contributed by atoms with Crippen molar-refractivity contribution in [3.05, 3.63) is 29.3 Å². The Morgan fingerprint density at radius 2 is 2.09 bits per heavy atom. The maximum atomic E-state index is 12.1. The number of benzene rings is 1. The zero-order chi connectivity index (χ0) is 17.0. The minimum Gasteiger partial charge on any atom is -0.493 e. The summed E-state index contributed by atoms with van der Waals surface area (Å²) in [6, 6.07) is 4.92. The number of ether oxygens (including phenoxy) is 2. The number of methoxy groups -OCH3 is 1. The molecule has 1 aliphatic rings. The van der Waals surface area contributed by atoms with Crippen LogP contribution < -0.4 is 15.4 Å². The molecule has 1 aromatic rings. The maximum absolute atomic E-state index is 12.1. The molecule has 23 heavy (non-hydrogen) atoms. The van der Waals surface area contributed by atoms with Gasteiger partial charge < -0.3 is 14.8 Å². The summed E-state index contributed by atoms with van der Waals surface area (Å²) >= 11 is 0. The van der Waals surface area contributed by atoms with Gasteiger partial charge in [-0.1, -0.05) is 6.07 Å². The number of amides is 1. The summed E-state index contributed by atoms with van der Waals surface area (Å²) in [4.78, 5) is 24.0. The molecule has 0 saturated carbocycles. The van der Waals surface area contributed by atoms with Gasteiger partial charge in [0.1, 0.15) is 11.8 Å². The molecule has 1 aliphatic heterocycles. The van der Waals surface area contributed by atoms with E-state index < -0.39 is 12.0 Å². The topological polar surface area (TPSA) is 76.7 Å². The van der Waals surface area contributed by atoms with Gasteiger partial charge >= 0.3 is 5.97 Å². The lowest BCUT2D eigenvalue weighted by atomic mass is 10.0. The van der Waals surface area contributed by atoms with E-state index in [-0.39, 0.29) is 18.0 Å². The average molecular weight is 320 g/mol. The predicted octanol–water partition coefficient (Wildman–Crippen LogP) is 1.34. The zero-order valence-electron chi connectivity index (χ0n) is 14.1. The normalized spacial score (nSPS) is 14.6. The van der Waals surface area contributed by atoms with Crippen LogP contribution in [0.2, 0.25) is 0 Å². The third-order valence-corrected chi connectivity index (χ3v) is 3.46. The van der Waals surface area contributed by atoms with Crippen molar-refractivity contribution in [2.24, 2.45) is 0 Å². The number of nitrogens with one attached hydrogen (secondary N) is 2. The maximum Gasteiger partial charge on any atom is 0.327 e. The molecule has 0 radical (unpaired) electrons. The Balaban J connectivity index is 2.09. The zero-order valence-corrected chi connectivity index (χ0v) is 14.1. The van der Waals surface area contributed by atoms with E-state index in [1.165, 1.54) is 7.11 Å². The highest BCUT2D eigenvalue weighted by atomic mass is 16.5. The molecular weight excluding hydrogens is 296 g/mol. The van der Waals surface area contributed by atoms with Gasteiger partial charge in [-0.3, -0.25) is 10.1 Å². The van der Waals surface area contributed by atoms with Crippen molar-refractivity contribution in [3.8, 4) is 5.75 Å². The van der Waals surface area contributed by atoms with Crippen molar-refractivity contribution in [1.29, 1.82) is 0 Å². The summed E-state index contributed by atoms with van der Waals surface area (Å²) in [6.45, 7) is 6.41. The first kappa shape index (κ1) is 17.3. The number of fused-ring (bicyclic) bond motifs is 1. The third kappa shape index (κ3) is 4.69. The van der Waals surface area contributed by atoms with Gasteiger partial charge in [-0.05, 0) is 44.0 Å². The van der Waals surface area contributed by atoms with Crippen LogP contribution >= 0.6 is 0 Å². The fourth-order valence-electron chi connectivity index (χ4n) is 2.50. The van der Waals surface area contributed by atoms with Crippen LogP contribution in [0.15, 0.2) is 18.2 Å². The molecule has 0 fully saturated rings. The van der Waals surface area contributed by atoms with Crippen LogP contribution in [0.4, 0.5) is 0 Å². The van der Waals surface area contributed by atoms with Crippen LogP contribution in [0.25, 0.3) is 0 Å². The first-order valence-electron chi connectivity index (χ1n) is 7.68. The Morgan fingerprint density at radius 1 is 1.35 bits per heavy atom. The number of esters is 1. The highest BCUT2D eigenvalue weighted by Crippen LogP contribution is 2.28. The summed E-state index contributed by atoms with van der Waals surface area (Å²) in [5, 5.41) is 5.82. The van der Waals surface area contributed by atoms with Gasteiger partial charge in [0, 0.05) is 12.0 Å². The fraction of sp³-hybridized carbons (Fsp3) is 0.529. The number of carbonyl (C=O) groups excluding carboxylic acids is 2. The molecule has 6 heteroatoms. The van der Waals surface area contributed by atoms with Crippen molar-refractivity contribution < 1.29 is 19.1 Å². The highest BCUT2D eigenvalue weighted by Gasteiger charge is 2.24. The second kappa shape index (κ2) is 7.00. The number of rotatable bonds is 5. The Morgan fingerprint density at radius 3 is 2.74 bits per heavy atom. The van der Waals surface area contributed by atoms with Crippen molar-refractivity contribution in [2.75, 3.05) is 20.3 Å². The van der Waals surface area contributed by atoms with Crippen molar-refractivity contribution in [1.82, 2.24) is 10.6 Å². The highest BCUT2D eigenvalue weighted by molar-refractivity contribution is 5.81. The van der Waals surface area contributed by atoms with Crippen molar-refractivity contribution in [3.63, 3.8) is 0 Å². The average Bonchev–Trinajstić information content (AvgIpc) is 2.92. The molecule has 126 valence electrons. The number of hydrogen-bond donors (Lipinski definition) is 2. The van der Waals surface area contributed by atoms with E-state index in [4.69, 9.17) is 9.47 Å². The standard InChI is InChI=1S/C17H24N2O4/c1-17(2,3)19-14(20)10-18-15(16(21)22-4)12-5-6-13-11(9-12)7-8-23-13/h5-6,9,15,18H,7-8,10H2,1-4H3,(H,19,20)/t15-/m0/s1. The summed E-state index contributed by atoms with van der Waals surface area (Å²) in [5.74, 6) is 0.256. The van der Waals surface area contributed by atoms with E-state index in [2.05, 4.69) is 10.6 Å². The van der Waals surface area contributed by atoms with Crippen LogP contribution in [0, 0.1) is 0 Å². The molecule has 2 N–H and O–H groups in total. The minimum atomic E-state index is -0.684. The Bertz CT molecular complexity index is 593. The van der Waals surface area contributed by atoms with Gasteiger partial charge in [0.05, 0.1) is 20.3 Å². The molecule has 6 nitrogen and oxygen atoms in total. The van der Waals surface area contributed by atoms with Gasteiger partial charge in [-0.2, -0.15) is 0 Å². The van der Waals surface area contributed by atoms with E-state index in [1.807, 2.05) is 39.0 Å². The smallest absolute Gasteiger partial charge is 0.327 e. The first-order valence-corrected chi connectivity index (χ1v) is 7.68. The number of carbonyl (C=O) groups is 2. The van der Waals surface area contributed by atoms with Crippen LogP contribution in [0.1, 0.15) is 37.9 Å². The summed E-state index contributed by atoms with van der Waals surface area (Å²) in [5.41, 5.74) is 1.52. The van der Waals surface area contributed by atoms with Gasteiger partial charge in [0.2, 0.25) is 5.91 Å². The molecule has 0 aliphatic carbocycles. The van der Waals surface area contributed by atoms with Crippen LogP contribution in [0.5, 0.6) is 5.75 Å². The quantitative estimate of drug-likeness (QED) is 0.801. The summed E-state index contributed by atoms with van der Waals surface area (Å²) < 4.78 is 10.3. The Hall–Kier alpha value is -2.08. The fourth-order valence-corrected chi connectivity index (χ4v) is 2.50. The molecule has 2 rings (SSSR count). The molecule has 1 heterocycles. The number of hydrogen-bond acceptors (Lipinski definition) is 5. The predicted molar refractivity (Wildman–Crippen MR) is 86.3 cm³/mol. The van der Waals surface area contributed by atoms with Crippen molar-refractivity contribution >= 4 is 11.9 Å². The third-order valence-electron chi connectivity index (χ3n) is 3.46. The van der Waals surface area contributed by atoms with Gasteiger partial charge in [-0.25, -0.2) is 4.79 Å². The molecule has 1 amide bonds. The minimum absolute atomic E-state index is 0.0324. The van der Waals surface area contributed by atoms with Crippen LogP contribution in [-0.4, -0.2) is 37.7 Å². The Kier molecular flexibility index (Phi) is 5.26. The van der Waals surface area contributed by atoms with Crippen molar-refractivity contribution in [2.45, 2.75) is 38.8 Å². The molecule has 0 saturated heterocycles. The second-order valence-electron chi connectivity index (χ2n) is 6.60. The van der Waals surface area contributed by atoms with Crippen LogP contribution in [-0.2, 0) is 20.7 Å². The van der Waals surface area contributed by atoms with E-state index >= 15 is 0 Å². The molecule has 0 spiro atoms. The molecule has 1 atom stereocenters.